The molecule has 10 heteroatoms. The van der Waals surface area contributed by atoms with Crippen molar-refractivity contribution in [2.24, 2.45) is 0 Å². The van der Waals surface area contributed by atoms with E-state index in [9.17, 15) is 22.8 Å². The highest BCUT2D eigenvalue weighted by Crippen LogP contribution is 2.31. The van der Waals surface area contributed by atoms with Crippen LogP contribution in [0.25, 0.3) is 0 Å². The van der Waals surface area contributed by atoms with E-state index in [1.165, 1.54) is 12.1 Å². The third-order valence-electron chi connectivity index (χ3n) is 4.51. The third kappa shape index (κ3) is 6.70. The zero-order valence-corrected chi connectivity index (χ0v) is 17.7. The summed E-state index contributed by atoms with van der Waals surface area (Å²) in [7, 11) is 0. The molecule has 0 radical (unpaired) electrons. The molecule has 0 aliphatic carbocycles. The molecular weight excluding hydrogens is 435 g/mol. The number of hydrogen-bond acceptors (Lipinski definition) is 4. The van der Waals surface area contributed by atoms with Crippen molar-refractivity contribution in [2.45, 2.75) is 19.6 Å². The molecule has 1 aromatic heterocycles. The van der Waals surface area contributed by atoms with Gasteiger partial charge in [-0.15, -0.1) is 0 Å². The summed E-state index contributed by atoms with van der Waals surface area (Å²) < 4.78 is 38.8. The van der Waals surface area contributed by atoms with Gasteiger partial charge in [-0.1, -0.05) is 18.2 Å². The molecule has 0 atom stereocenters. The number of halogens is 3. The standard InChI is InChI=1S/C23H22F3N5O2/c1-2-27-22(33)31-20-12-15(10-11-28-20)14-29-19-9-4-3-8-18(19)21(32)30-17-7-5-6-16(13-17)23(24,25)26/h3-13,29H,2,14H2,1H3,(H,30,32)(H2,27,28,31,33). The molecule has 3 amide bonds. The van der Waals surface area contributed by atoms with Crippen LogP contribution < -0.4 is 21.3 Å². The first-order valence-corrected chi connectivity index (χ1v) is 10.1. The molecule has 7 nitrogen and oxygen atoms in total. The van der Waals surface area contributed by atoms with Gasteiger partial charge in [0.15, 0.2) is 0 Å². The Labute approximate surface area is 188 Å². The molecule has 172 valence electrons. The number of carbonyl (C=O) groups excluding carboxylic acids is 2. The highest BCUT2D eigenvalue weighted by molar-refractivity contribution is 6.08. The minimum Gasteiger partial charge on any atom is -0.380 e. The molecule has 3 rings (SSSR count). The predicted molar refractivity (Wildman–Crippen MR) is 120 cm³/mol. The maximum Gasteiger partial charge on any atom is 0.416 e. The van der Waals surface area contributed by atoms with Crippen molar-refractivity contribution in [2.75, 3.05) is 22.5 Å². The summed E-state index contributed by atoms with van der Waals surface area (Å²) in [6.07, 6.45) is -2.96. The number of aromatic nitrogens is 1. The summed E-state index contributed by atoms with van der Waals surface area (Å²) in [5, 5.41) is 10.9. The summed E-state index contributed by atoms with van der Waals surface area (Å²) in [5.41, 5.74) is 0.757. The number of hydrogen-bond donors (Lipinski definition) is 4. The van der Waals surface area contributed by atoms with Crippen LogP contribution in [0.3, 0.4) is 0 Å². The van der Waals surface area contributed by atoms with Crippen LogP contribution in [0, 0.1) is 0 Å². The van der Waals surface area contributed by atoms with E-state index in [0.717, 1.165) is 17.7 Å². The Balaban J connectivity index is 1.70. The summed E-state index contributed by atoms with van der Waals surface area (Å²) >= 11 is 0. The topological polar surface area (TPSA) is 95.2 Å². The quantitative estimate of drug-likeness (QED) is 0.397. The van der Waals surface area contributed by atoms with Crippen molar-refractivity contribution >= 4 is 29.1 Å². The molecule has 0 saturated heterocycles. The third-order valence-corrected chi connectivity index (χ3v) is 4.51. The van der Waals surface area contributed by atoms with Gasteiger partial charge in [0.25, 0.3) is 5.91 Å². The zero-order valence-electron chi connectivity index (χ0n) is 17.7. The maximum absolute atomic E-state index is 12.9. The minimum absolute atomic E-state index is 0.0415. The number of pyridine rings is 1. The molecule has 33 heavy (non-hydrogen) atoms. The monoisotopic (exact) mass is 457 g/mol. The molecule has 3 aromatic rings. The number of anilines is 3. The highest BCUT2D eigenvalue weighted by Gasteiger charge is 2.30. The van der Waals surface area contributed by atoms with Crippen LogP contribution >= 0.6 is 0 Å². The first-order chi connectivity index (χ1) is 15.8. The molecule has 0 saturated carbocycles. The molecule has 0 fully saturated rings. The lowest BCUT2D eigenvalue weighted by atomic mass is 10.1. The molecule has 2 aromatic carbocycles. The van der Waals surface area contributed by atoms with Gasteiger partial charge in [-0.2, -0.15) is 13.2 Å². The lowest BCUT2D eigenvalue weighted by molar-refractivity contribution is -0.137. The number of urea groups is 1. The number of rotatable bonds is 7. The number of amides is 3. The van der Waals surface area contributed by atoms with Crippen molar-refractivity contribution in [1.82, 2.24) is 10.3 Å². The van der Waals surface area contributed by atoms with E-state index in [-0.39, 0.29) is 17.3 Å². The van der Waals surface area contributed by atoms with Crippen LogP contribution in [0.1, 0.15) is 28.4 Å². The Morgan fingerprint density at radius 1 is 0.970 bits per heavy atom. The Bertz CT molecular complexity index is 1130. The Kier molecular flexibility index (Phi) is 7.50. The van der Waals surface area contributed by atoms with Crippen LogP contribution in [-0.2, 0) is 12.7 Å². The smallest absolute Gasteiger partial charge is 0.380 e. The largest absolute Gasteiger partial charge is 0.416 e. The van der Waals surface area contributed by atoms with Crippen LogP contribution in [0.5, 0.6) is 0 Å². The van der Waals surface area contributed by atoms with Gasteiger partial charge in [-0.05, 0) is 55.0 Å². The lowest BCUT2D eigenvalue weighted by Gasteiger charge is -2.14. The van der Waals surface area contributed by atoms with Gasteiger partial charge in [0.05, 0.1) is 11.1 Å². The van der Waals surface area contributed by atoms with Gasteiger partial charge in [-0.3, -0.25) is 10.1 Å². The first-order valence-electron chi connectivity index (χ1n) is 10.1. The Morgan fingerprint density at radius 2 is 1.76 bits per heavy atom. The van der Waals surface area contributed by atoms with Gasteiger partial charge in [-0.25, -0.2) is 9.78 Å². The fourth-order valence-corrected chi connectivity index (χ4v) is 2.98. The Hall–Kier alpha value is -4.08. The van der Waals surface area contributed by atoms with E-state index in [0.29, 0.717) is 24.6 Å². The number of para-hydroxylation sites is 1. The summed E-state index contributed by atoms with van der Waals surface area (Å²) in [4.78, 5) is 28.5. The molecule has 0 bridgehead atoms. The average molecular weight is 457 g/mol. The van der Waals surface area contributed by atoms with Gasteiger partial charge in [0, 0.05) is 30.7 Å². The van der Waals surface area contributed by atoms with Crippen molar-refractivity contribution in [3.05, 3.63) is 83.6 Å². The summed E-state index contributed by atoms with van der Waals surface area (Å²) in [6.45, 7) is 2.60. The van der Waals surface area contributed by atoms with E-state index in [4.69, 9.17) is 0 Å². The number of carbonyl (C=O) groups is 2. The molecular formula is C23H22F3N5O2. The lowest BCUT2D eigenvalue weighted by Crippen LogP contribution is -2.28. The summed E-state index contributed by atoms with van der Waals surface area (Å²) in [5.74, 6) is -0.179. The van der Waals surface area contributed by atoms with Gasteiger partial charge in [0.2, 0.25) is 0 Å². The fourth-order valence-electron chi connectivity index (χ4n) is 2.98. The van der Waals surface area contributed by atoms with Gasteiger partial charge >= 0.3 is 12.2 Å². The van der Waals surface area contributed by atoms with Crippen LogP contribution in [-0.4, -0.2) is 23.5 Å². The molecule has 0 unspecified atom stereocenters. The van der Waals surface area contributed by atoms with Crippen LogP contribution in [0.15, 0.2) is 66.9 Å². The van der Waals surface area contributed by atoms with Crippen molar-refractivity contribution in [3.8, 4) is 0 Å². The SMILES string of the molecule is CCNC(=O)Nc1cc(CNc2ccccc2C(=O)Nc2cccc(C(F)(F)F)c2)ccn1. The minimum atomic E-state index is -4.50. The maximum atomic E-state index is 12.9. The number of alkyl halides is 3. The number of nitrogens with one attached hydrogen (secondary N) is 4. The van der Waals surface area contributed by atoms with Crippen molar-refractivity contribution in [3.63, 3.8) is 0 Å². The normalized spacial score (nSPS) is 10.9. The first kappa shape index (κ1) is 23.6. The number of benzene rings is 2. The highest BCUT2D eigenvalue weighted by atomic mass is 19.4. The molecule has 1 heterocycles. The molecule has 0 aliphatic rings. The predicted octanol–water partition coefficient (Wildman–Crippen LogP) is 5.11. The van der Waals surface area contributed by atoms with Crippen molar-refractivity contribution in [1.29, 1.82) is 0 Å². The zero-order chi connectivity index (χ0) is 23.8. The van der Waals surface area contributed by atoms with E-state index in [1.54, 1.807) is 49.5 Å². The number of nitrogens with zero attached hydrogens (tertiary/aromatic N) is 1. The van der Waals surface area contributed by atoms with E-state index in [2.05, 4.69) is 26.3 Å². The summed E-state index contributed by atoms with van der Waals surface area (Å²) in [6, 6.07) is 14.2. The van der Waals surface area contributed by atoms with Crippen LogP contribution in [0.4, 0.5) is 35.2 Å². The van der Waals surface area contributed by atoms with E-state index < -0.39 is 17.6 Å². The second kappa shape index (κ2) is 10.5. The second-order valence-corrected chi connectivity index (χ2v) is 6.97. The van der Waals surface area contributed by atoms with Crippen LogP contribution in [0.2, 0.25) is 0 Å². The van der Waals surface area contributed by atoms with E-state index >= 15 is 0 Å². The molecule has 0 spiro atoms. The Morgan fingerprint density at radius 3 is 2.52 bits per heavy atom. The van der Waals surface area contributed by atoms with Crippen molar-refractivity contribution < 1.29 is 22.8 Å². The van der Waals surface area contributed by atoms with E-state index in [1.807, 2.05) is 0 Å². The van der Waals surface area contributed by atoms with Gasteiger partial charge in [0.1, 0.15) is 5.82 Å². The van der Waals surface area contributed by atoms with Gasteiger partial charge < -0.3 is 16.0 Å². The molecule has 4 N–H and O–H groups in total. The molecule has 0 aliphatic heterocycles. The fraction of sp³-hybridized carbons (Fsp3) is 0.174. The average Bonchev–Trinajstić information content (AvgIpc) is 2.78. The second-order valence-electron chi connectivity index (χ2n) is 6.97.